The molecule has 2 aromatic carbocycles. The number of rotatable bonds is 4. The lowest BCUT2D eigenvalue weighted by atomic mass is 9.97. The summed E-state index contributed by atoms with van der Waals surface area (Å²) in [5.74, 6) is -3.11. The van der Waals surface area contributed by atoms with Crippen LogP contribution in [0.3, 0.4) is 0 Å². The minimum absolute atomic E-state index is 0.0493. The Bertz CT molecular complexity index is 1170. The number of nitrogens with one attached hydrogen (secondary N) is 2. The Morgan fingerprint density at radius 1 is 1.19 bits per heavy atom. The first-order chi connectivity index (χ1) is 14.3. The summed E-state index contributed by atoms with van der Waals surface area (Å²) in [6.45, 7) is 2.67. The van der Waals surface area contributed by atoms with Gasteiger partial charge in [0.15, 0.2) is 15.6 Å². The molecule has 2 aromatic rings. The van der Waals surface area contributed by atoms with Crippen LogP contribution in [-0.4, -0.2) is 43.5 Å². The maximum Gasteiger partial charge on any atom is 0.426 e. The quantitative estimate of drug-likeness (QED) is 0.652. The van der Waals surface area contributed by atoms with Crippen LogP contribution in [0.1, 0.15) is 35.3 Å². The molecular formula is C20H19F3N2O5S. The van der Waals surface area contributed by atoms with Crippen molar-refractivity contribution in [2.24, 2.45) is 0 Å². The first kappa shape index (κ1) is 22.8. The number of benzene rings is 2. The van der Waals surface area contributed by atoms with E-state index in [1.54, 1.807) is 6.07 Å². The van der Waals surface area contributed by atoms with E-state index >= 15 is 0 Å². The number of amides is 1. The van der Waals surface area contributed by atoms with Crippen LogP contribution in [0.15, 0.2) is 41.3 Å². The summed E-state index contributed by atoms with van der Waals surface area (Å²) in [6.07, 6.45) is -5.28. The molecule has 0 spiro atoms. The van der Waals surface area contributed by atoms with Crippen molar-refractivity contribution >= 4 is 32.9 Å². The summed E-state index contributed by atoms with van der Waals surface area (Å²) in [6, 6.07) is 7.97. The highest BCUT2D eigenvalue weighted by Gasteiger charge is 2.56. The molecule has 1 aliphatic heterocycles. The van der Waals surface area contributed by atoms with Crippen LogP contribution < -0.4 is 10.6 Å². The van der Waals surface area contributed by atoms with Crippen LogP contribution in [-0.2, 0) is 20.4 Å². The maximum absolute atomic E-state index is 13.2. The van der Waals surface area contributed by atoms with Gasteiger partial charge < -0.3 is 15.7 Å². The summed E-state index contributed by atoms with van der Waals surface area (Å²) >= 11 is 0. The first-order valence-corrected chi connectivity index (χ1v) is 10.8. The average molecular weight is 456 g/mol. The zero-order chi connectivity index (χ0) is 23.2. The summed E-state index contributed by atoms with van der Waals surface area (Å²) in [5.41, 5.74) is -3.77. The first-order valence-electron chi connectivity index (χ1n) is 9.17. The second-order valence-electron chi connectivity index (χ2n) is 7.19. The number of hydrogen-bond donors (Lipinski definition) is 3. The third-order valence-electron chi connectivity index (χ3n) is 4.91. The molecule has 0 saturated heterocycles. The molecule has 1 unspecified atom stereocenters. The van der Waals surface area contributed by atoms with Gasteiger partial charge in [0.1, 0.15) is 0 Å². The molecule has 0 bridgehead atoms. The van der Waals surface area contributed by atoms with Crippen LogP contribution in [0.25, 0.3) is 0 Å². The summed E-state index contributed by atoms with van der Waals surface area (Å²) in [4.78, 5) is 24.9. The molecule has 0 fully saturated rings. The number of aliphatic hydroxyl groups is 1. The number of carbonyl (C=O) groups is 2. The van der Waals surface area contributed by atoms with Gasteiger partial charge in [-0.1, -0.05) is 6.07 Å². The molecule has 1 amide bonds. The van der Waals surface area contributed by atoms with Crippen LogP contribution >= 0.6 is 0 Å². The number of hydrogen-bond acceptors (Lipinski definition) is 6. The van der Waals surface area contributed by atoms with E-state index in [-0.39, 0.29) is 18.1 Å². The largest absolute Gasteiger partial charge is 0.426 e. The smallest absolute Gasteiger partial charge is 0.385 e. The highest BCUT2D eigenvalue weighted by Crippen LogP contribution is 2.36. The zero-order valence-electron chi connectivity index (χ0n) is 16.5. The number of alkyl halides is 3. The molecule has 1 aliphatic rings. The van der Waals surface area contributed by atoms with Gasteiger partial charge in [-0.25, -0.2) is 8.42 Å². The van der Waals surface area contributed by atoms with E-state index in [2.05, 4.69) is 5.32 Å². The van der Waals surface area contributed by atoms with Gasteiger partial charge in [-0.15, -0.1) is 0 Å². The standard InChI is InChI=1S/C20H19F3N2O5S/c1-3-24-12-7-8-13-11(9-12)10-31(29,30)15-6-4-5-14(16(15)17(13)26)25-18(27)19(2,28)20(21,22)23/h4-9,24,28H,3,10H2,1-2H3,(H,25,27). The minimum Gasteiger partial charge on any atom is -0.385 e. The lowest BCUT2D eigenvalue weighted by molar-refractivity contribution is -0.242. The van der Waals surface area contributed by atoms with Crippen LogP contribution in [0.2, 0.25) is 0 Å². The molecule has 0 aliphatic carbocycles. The lowest BCUT2D eigenvalue weighted by Gasteiger charge is -2.25. The number of ketones is 1. The highest BCUT2D eigenvalue weighted by molar-refractivity contribution is 7.90. The van der Waals surface area contributed by atoms with Crippen molar-refractivity contribution in [1.82, 2.24) is 0 Å². The molecule has 0 saturated carbocycles. The molecule has 11 heteroatoms. The van der Waals surface area contributed by atoms with Crippen molar-refractivity contribution in [3.05, 3.63) is 53.1 Å². The highest BCUT2D eigenvalue weighted by atomic mass is 32.2. The number of sulfone groups is 1. The van der Waals surface area contributed by atoms with Gasteiger partial charge in [-0.05, 0) is 49.7 Å². The number of carbonyl (C=O) groups excluding carboxylic acids is 2. The van der Waals surface area contributed by atoms with Crippen LogP contribution in [0.4, 0.5) is 24.5 Å². The Labute approximate surface area is 176 Å². The third-order valence-corrected chi connectivity index (χ3v) is 6.61. The van der Waals surface area contributed by atoms with Gasteiger partial charge in [0.25, 0.3) is 5.91 Å². The van der Waals surface area contributed by atoms with Gasteiger partial charge in [0.2, 0.25) is 5.60 Å². The van der Waals surface area contributed by atoms with Crippen molar-refractivity contribution in [3.63, 3.8) is 0 Å². The number of fused-ring (bicyclic) bond motifs is 2. The van der Waals surface area contributed by atoms with E-state index in [0.29, 0.717) is 12.2 Å². The van der Waals surface area contributed by atoms with E-state index < -0.39 is 55.2 Å². The molecule has 3 rings (SSSR count). The molecule has 31 heavy (non-hydrogen) atoms. The summed E-state index contributed by atoms with van der Waals surface area (Å²) in [7, 11) is -4.06. The molecule has 0 aromatic heterocycles. The third kappa shape index (κ3) is 4.02. The predicted octanol–water partition coefficient (Wildman–Crippen LogP) is 2.89. The maximum atomic E-state index is 13.2. The summed E-state index contributed by atoms with van der Waals surface area (Å²) < 4.78 is 64.9. The Morgan fingerprint density at radius 3 is 2.48 bits per heavy atom. The van der Waals surface area contributed by atoms with Crippen molar-refractivity contribution in [2.45, 2.75) is 36.3 Å². The Kier molecular flexibility index (Phi) is 5.61. The number of anilines is 2. The Balaban J connectivity index is 2.15. The minimum atomic E-state index is -5.28. The van der Waals surface area contributed by atoms with Crippen LogP contribution in [0.5, 0.6) is 0 Å². The fourth-order valence-electron chi connectivity index (χ4n) is 3.17. The van der Waals surface area contributed by atoms with Crippen molar-refractivity contribution < 1.29 is 36.3 Å². The molecule has 1 atom stereocenters. The number of halogens is 3. The van der Waals surface area contributed by atoms with Crippen molar-refractivity contribution in [1.29, 1.82) is 0 Å². The normalized spacial score (nSPS) is 17.0. The van der Waals surface area contributed by atoms with E-state index in [9.17, 15) is 36.3 Å². The van der Waals surface area contributed by atoms with Gasteiger partial charge >= 0.3 is 6.18 Å². The zero-order valence-corrected chi connectivity index (χ0v) is 17.3. The lowest BCUT2D eigenvalue weighted by Crippen LogP contribution is -2.52. The van der Waals surface area contributed by atoms with Gasteiger partial charge in [0.05, 0.1) is 21.9 Å². The fraction of sp³-hybridized carbons (Fsp3) is 0.300. The molecule has 166 valence electrons. The molecular weight excluding hydrogens is 437 g/mol. The Morgan fingerprint density at radius 2 is 1.87 bits per heavy atom. The van der Waals surface area contributed by atoms with E-state index in [0.717, 1.165) is 12.1 Å². The van der Waals surface area contributed by atoms with E-state index in [1.807, 2.05) is 12.2 Å². The average Bonchev–Trinajstić information content (AvgIpc) is 2.74. The molecule has 3 N–H and O–H groups in total. The molecule has 7 nitrogen and oxygen atoms in total. The summed E-state index contributed by atoms with van der Waals surface area (Å²) in [5, 5.41) is 14.5. The predicted molar refractivity (Wildman–Crippen MR) is 107 cm³/mol. The van der Waals surface area contributed by atoms with Gasteiger partial charge in [-0.3, -0.25) is 9.59 Å². The second kappa shape index (κ2) is 7.65. The second-order valence-corrected chi connectivity index (χ2v) is 9.15. The van der Waals surface area contributed by atoms with E-state index in [4.69, 9.17) is 0 Å². The van der Waals surface area contributed by atoms with Gasteiger partial charge in [0, 0.05) is 17.8 Å². The Hall–Kier alpha value is -2.92. The van der Waals surface area contributed by atoms with Crippen molar-refractivity contribution in [3.8, 4) is 0 Å². The fourth-order valence-corrected chi connectivity index (χ4v) is 4.77. The monoisotopic (exact) mass is 456 g/mol. The molecule has 1 heterocycles. The SMILES string of the molecule is CCNc1ccc2c(c1)CS(=O)(=O)c1cccc(NC(=O)C(C)(O)C(F)(F)F)c1C2=O. The van der Waals surface area contributed by atoms with Crippen molar-refractivity contribution in [2.75, 3.05) is 17.2 Å². The van der Waals surface area contributed by atoms with Crippen LogP contribution in [0, 0.1) is 0 Å². The van der Waals surface area contributed by atoms with E-state index in [1.165, 1.54) is 18.2 Å². The topological polar surface area (TPSA) is 113 Å². The molecule has 0 radical (unpaired) electrons. The van der Waals surface area contributed by atoms with Gasteiger partial charge in [-0.2, -0.15) is 13.2 Å².